The van der Waals surface area contributed by atoms with Crippen molar-refractivity contribution in [1.82, 2.24) is 0 Å². The number of carboxylic acid groups (broad SMARTS) is 1. The molecule has 35 nitrogen and oxygen atoms in total. The lowest BCUT2D eigenvalue weighted by Crippen LogP contribution is -2.69. The van der Waals surface area contributed by atoms with Gasteiger partial charge >= 0.3 is 5.97 Å². The number of aldehydes is 1. The minimum Gasteiger partial charge on any atom is -0.479 e. The second-order valence-electron chi connectivity index (χ2n) is 34.0. The first-order valence-corrected chi connectivity index (χ1v) is 37.5. The minimum absolute atomic E-state index is 0.0665. The van der Waals surface area contributed by atoms with Crippen LogP contribution in [0.2, 0.25) is 0 Å². The molecule has 0 radical (unpaired) electrons. The molecule has 107 heavy (non-hydrogen) atoms. The molecule has 0 amide bonds. The van der Waals surface area contributed by atoms with Gasteiger partial charge in [0, 0.05) is 5.41 Å². The molecule has 4 saturated carbocycles. The van der Waals surface area contributed by atoms with Crippen LogP contribution in [-0.2, 0) is 75.9 Å². The van der Waals surface area contributed by atoms with Crippen molar-refractivity contribution in [2.45, 2.75) is 341 Å². The van der Waals surface area contributed by atoms with Gasteiger partial charge in [0.15, 0.2) is 49.9 Å². The molecule has 0 aromatic carbocycles. The molecule has 11 fully saturated rings. The van der Waals surface area contributed by atoms with E-state index in [1.54, 1.807) is 6.92 Å². The number of fused-ring (bicyclic) bond motifs is 7. The maximum absolute atomic E-state index is 14.3. The molecule has 0 aromatic rings. The zero-order valence-electron chi connectivity index (χ0n) is 61.5. The van der Waals surface area contributed by atoms with Crippen LogP contribution in [0.25, 0.3) is 0 Å². The fraction of sp³-hybridized carbons (Fsp3) is 0.917. The van der Waals surface area contributed by atoms with E-state index in [0.717, 1.165) is 12.7 Å². The summed E-state index contributed by atoms with van der Waals surface area (Å²) in [5, 5.41) is 208. The number of allylic oxidation sites excluding steroid dienone is 3. The van der Waals surface area contributed by atoms with Crippen molar-refractivity contribution >= 4 is 12.3 Å². The van der Waals surface area contributed by atoms with Crippen molar-refractivity contribution in [2.75, 3.05) is 19.8 Å². The lowest BCUT2D eigenvalue weighted by molar-refractivity contribution is -0.395. The lowest BCUT2D eigenvalue weighted by atomic mass is 9.33. The summed E-state index contributed by atoms with van der Waals surface area (Å²) < 4.78 is 86.3. The first kappa shape index (κ1) is 83.6. The average molecular weight is 1540 g/mol. The molecule has 612 valence electrons. The maximum Gasteiger partial charge on any atom is 0.335 e. The Kier molecular flexibility index (Phi) is 24.5. The zero-order chi connectivity index (χ0) is 78.2. The molecule has 0 bridgehead atoms. The van der Waals surface area contributed by atoms with Crippen molar-refractivity contribution < 1.29 is 173 Å². The van der Waals surface area contributed by atoms with Gasteiger partial charge in [0.2, 0.25) is 6.29 Å². The lowest BCUT2D eigenvalue weighted by Gasteiger charge is -2.71. The third-order valence-electron chi connectivity index (χ3n) is 27.4. The number of ether oxygens (including phenoxy) is 14. The highest BCUT2D eigenvalue weighted by atomic mass is 16.8. The fourth-order valence-corrected chi connectivity index (χ4v) is 20.5. The van der Waals surface area contributed by atoms with Crippen LogP contribution in [0.4, 0.5) is 0 Å². The highest BCUT2D eigenvalue weighted by molar-refractivity contribution is 5.73. The highest BCUT2D eigenvalue weighted by Crippen LogP contribution is 2.77. The van der Waals surface area contributed by atoms with Gasteiger partial charge in [-0.15, -0.1) is 0 Å². The molecule has 19 N–H and O–H groups in total. The number of carboxylic acids is 1. The van der Waals surface area contributed by atoms with Crippen LogP contribution in [0.3, 0.4) is 0 Å². The topological polar surface area (TPSA) is 548 Å². The highest BCUT2D eigenvalue weighted by Gasteiger charge is 2.71. The van der Waals surface area contributed by atoms with Crippen molar-refractivity contribution in [1.29, 1.82) is 0 Å². The predicted molar refractivity (Wildman–Crippen MR) is 356 cm³/mol. The fourth-order valence-electron chi connectivity index (χ4n) is 20.5. The Labute approximate surface area is 618 Å². The number of aliphatic carboxylic acids is 1. The van der Waals surface area contributed by atoms with Crippen LogP contribution in [0.15, 0.2) is 24.0 Å². The standard InChI is InChI=1S/C72H114O35/c1-26-38(77)43(82)48(87)61(95-26)103-54-51(90)56(59(92)93)105-66(58(54)107-63-50(89)45(84)42(81)34(23-74)100-63)101-37-14-15-68(7)35(69(37,8)25-75)13-16-71(10)36(68)12-11-30-31-21-67(5,6)17-19-72(31,20-18-70(30,71)9)29(4)98-65-57(46(85)39(78)27(2)96-65)106-64-52(91)55(104-62-49(88)44(83)41(80)33(22-73)99-62)53(28(3)97-64)102-60-47(86)40(79)32(76)24-94-60/h11,25-28,31-58,60-66,73-74,76-91H,4,12-24H2,1-3,5-10H3,(H,92,93)/t26?,27?,28?,31-,32-,33?,34?,35?,36?,37-,38-,39-,40-,41-,42-,43-,44-,45-,46-,47?,48?,49?,50?,51+,52?,53-,54-,55+,56?,57?,58?,60-,61-,62-,63-,64-,65-,66+,68-,69-,70+,71+,72+/m0/s1. The van der Waals surface area contributed by atoms with E-state index in [9.17, 15) is 107 Å². The summed E-state index contributed by atoms with van der Waals surface area (Å²) in [6.07, 6.45) is -52.5. The quantitative estimate of drug-likeness (QED) is 0.0250. The molecule has 43 atom stereocenters. The summed E-state index contributed by atoms with van der Waals surface area (Å²) in [6, 6.07) is 0. The molecule has 5 aliphatic carbocycles. The summed E-state index contributed by atoms with van der Waals surface area (Å²) in [4.78, 5) is 27.4. The zero-order valence-corrected chi connectivity index (χ0v) is 61.5. The summed E-state index contributed by atoms with van der Waals surface area (Å²) >= 11 is 0. The Morgan fingerprint density at radius 2 is 1.00 bits per heavy atom. The van der Waals surface area contributed by atoms with Gasteiger partial charge in [0.05, 0.1) is 55.4 Å². The summed E-state index contributed by atoms with van der Waals surface area (Å²) in [6.45, 7) is 19.8. The van der Waals surface area contributed by atoms with E-state index in [1.807, 2.05) is 0 Å². The SMILES string of the molecule is C=C(O[C@@H]1OC(C)[C@H](O)[C@H](O)C1O[C@@H]1OC(C)[C@H](O[C@@H]2OC[C@H](O)[C@H](O)C2O)[C@H](O[C@@H]2OC(CO)[C@H](O)[C@H](O)C2O)C1O)[C@]12CCC(C)(C)C[C@H]1C1=CCC3[C@@]4(C)CC[C@H](O[C@@H]5OC(C(=O)O)[C@H](O)[C@H](O[C@@H]6OC(C)[C@H](O)[C@H](O)C6O)C5O[C@@H]5OC(CO)[C@H](O)[C@H](O)C5O)[C@@](C)(C=O)C4CC[C@@]3(C)[C@]1(C)CC2. The number of rotatable bonds is 19. The van der Waals surface area contributed by atoms with Crippen LogP contribution >= 0.6 is 0 Å². The average Bonchev–Trinajstić information content (AvgIpc) is 0.673. The number of carbonyl (C=O) groups is 2. The van der Waals surface area contributed by atoms with Crippen molar-refractivity contribution in [3.05, 3.63) is 24.0 Å². The number of hydrogen-bond acceptors (Lipinski definition) is 34. The van der Waals surface area contributed by atoms with Crippen molar-refractivity contribution in [2.24, 2.45) is 50.2 Å². The van der Waals surface area contributed by atoms with E-state index in [-0.39, 0.29) is 23.7 Å². The van der Waals surface area contributed by atoms with Crippen molar-refractivity contribution in [3.8, 4) is 0 Å². The molecule has 12 aliphatic rings. The monoisotopic (exact) mass is 1540 g/mol. The van der Waals surface area contributed by atoms with E-state index in [4.69, 9.17) is 66.3 Å². The molecule has 7 saturated heterocycles. The van der Waals surface area contributed by atoms with Crippen LogP contribution in [-0.4, -0.2) is 344 Å². The third-order valence-corrected chi connectivity index (χ3v) is 27.4. The number of aliphatic hydroxyl groups is 18. The molecular weight excluding hydrogens is 1420 g/mol. The van der Waals surface area contributed by atoms with Crippen LogP contribution in [0.1, 0.15) is 127 Å². The van der Waals surface area contributed by atoms with E-state index >= 15 is 0 Å². The normalized spacial score (nSPS) is 55.0. The summed E-state index contributed by atoms with van der Waals surface area (Å²) in [5.41, 5.74) is -2.65. The molecule has 12 rings (SSSR count). The Morgan fingerprint density at radius 1 is 0.495 bits per heavy atom. The summed E-state index contributed by atoms with van der Waals surface area (Å²) in [7, 11) is 0. The first-order chi connectivity index (χ1) is 50.2. The smallest absolute Gasteiger partial charge is 0.335 e. The van der Waals surface area contributed by atoms with Crippen LogP contribution in [0.5, 0.6) is 0 Å². The Bertz CT molecular complexity index is 3130. The molecule has 0 spiro atoms. The number of hydrogen-bond donors (Lipinski definition) is 19. The van der Waals surface area contributed by atoms with E-state index < -0.39 is 274 Å². The van der Waals surface area contributed by atoms with Gasteiger partial charge in [-0.3, -0.25) is 0 Å². The largest absolute Gasteiger partial charge is 0.479 e. The Balaban J connectivity index is 0.807. The molecule has 7 aliphatic heterocycles. The molecular formula is C72H114O35. The second-order valence-corrected chi connectivity index (χ2v) is 34.0. The van der Waals surface area contributed by atoms with E-state index in [1.165, 1.54) is 26.3 Å². The van der Waals surface area contributed by atoms with Gasteiger partial charge in [-0.05, 0) is 124 Å². The van der Waals surface area contributed by atoms with Gasteiger partial charge in [-0.2, -0.15) is 0 Å². The molecule has 0 aromatic heterocycles. The number of carbonyl (C=O) groups excluding carboxylic acids is 1. The van der Waals surface area contributed by atoms with Gasteiger partial charge in [0.25, 0.3) is 0 Å². The molecule has 7 heterocycles. The Morgan fingerprint density at radius 3 is 1.59 bits per heavy atom. The van der Waals surface area contributed by atoms with Gasteiger partial charge in [-0.25, -0.2) is 4.79 Å². The molecule has 15 unspecified atom stereocenters. The van der Waals surface area contributed by atoms with Crippen LogP contribution in [0, 0.1) is 50.2 Å². The summed E-state index contributed by atoms with van der Waals surface area (Å²) in [5.74, 6) is -2.07. The van der Waals surface area contributed by atoms with Gasteiger partial charge in [-0.1, -0.05) is 59.8 Å². The van der Waals surface area contributed by atoms with Crippen LogP contribution < -0.4 is 0 Å². The first-order valence-electron chi connectivity index (χ1n) is 37.5. The van der Waals surface area contributed by atoms with Gasteiger partial charge in [0.1, 0.15) is 141 Å². The third kappa shape index (κ3) is 14.5. The predicted octanol–water partition coefficient (Wildman–Crippen LogP) is -4.58. The maximum atomic E-state index is 14.3. The second kappa shape index (κ2) is 31.4. The Hall–Kier alpha value is -2.82. The molecule has 35 heteroatoms. The minimum atomic E-state index is -2.21. The number of aliphatic hydroxyl groups excluding tert-OH is 18. The van der Waals surface area contributed by atoms with E-state index in [2.05, 4.69) is 47.3 Å². The van der Waals surface area contributed by atoms with Crippen molar-refractivity contribution in [3.63, 3.8) is 0 Å². The van der Waals surface area contributed by atoms with E-state index in [0.29, 0.717) is 57.1 Å². The van der Waals surface area contributed by atoms with Gasteiger partial charge < -0.3 is 168 Å².